The number of carbonyl (C=O) groups excluding carboxylic acids is 2. The average Bonchev–Trinajstić information content (AvgIpc) is 2.98. The summed E-state index contributed by atoms with van der Waals surface area (Å²) in [6.07, 6.45) is -0.0317. The number of rotatable bonds is 7. The molecule has 1 aromatic carbocycles. The van der Waals surface area contributed by atoms with Gasteiger partial charge in [-0.15, -0.1) is 0 Å². The Morgan fingerprint density at radius 1 is 1.03 bits per heavy atom. The molecule has 3 atom stereocenters. The van der Waals surface area contributed by atoms with Gasteiger partial charge < -0.3 is 18.9 Å². The summed E-state index contributed by atoms with van der Waals surface area (Å²) in [4.78, 5) is 26.1. The lowest BCUT2D eigenvalue weighted by atomic mass is 9.96. The van der Waals surface area contributed by atoms with Gasteiger partial charge in [0.15, 0.2) is 11.9 Å². The quantitative estimate of drug-likeness (QED) is 0.397. The highest BCUT2D eigenvalue weighted by atomic mass is 32.2. The SMILES string of the molecule is CC1(C)O[C@H]([C@@H](COC(=O)C(C)(C)C)OC(=O)C(C)(C)C)[C@H](/C=C\Sc2ccccc2)O1. The van der Waals surface area contributed by atoms with Gasteiger partial charge in [0.1, 0.15) is 18.8 Å². The smallest absolute Gasteiger partial charge is 0.311 e. The van der Waals surface area contributed by atoms with Gasteiger partial charge in [0, 0.05) is 4.90 Å². The van der Waals surface area contributed by atoms with Crippen molar-refractivity contribution in [1.29, 1.82) is 0 Å². The molecular weight excluding hydrogens is 428 g/mol. The first-order valence-corrected chi connectivity index (χ1v) is 11.7. The summed E-state index contributed by atoms with van der Waals surface area (Å²) in [5.74, 6) is -1.65. The van der Waals surface area contributed by atoms with Gasteiger partial charge in [0.05, 0.1) is 10.8 Å². The fraction of sp³-hybridized carbons (Fsp3) is 0.600. The zero-order valence-electron chi connectivity index (χ0n) is 20.3. The average molecular weight is 465 g/mol. The number of hydrogen-bond donors (Lipinski definition) is 0. The zero-order chi connectivity index (χ0) is 24.2. The van der Waals surface area contributed by atoms with E-state index in [1.54, 1.807) is 53.3 Å². The first kappa shape index (κ1) is 26.4. The lowest BCUT2D eigenvalue weighted by Gasteiger charge is -2.29. The van der Waals surface area contributed by atoms with E-state index >= 15 is 0 Å². The molecule has 1 fully saturated rings. The molecule has 0 aliphatic carbocycles. The lowest BCUT2D eigenvalue weighted by molar-refractivity contribution is -0.186. The highest BCUT2D eigenvalue weighted by Crippen LogP contribution is 2.34. The van der Waals surface area contributed by atoms with Gasteiger partial charge in [-0.05, 0) is 79.0 Å². The van der Waals surface area contributed by atoms with Crippen LogP contribution in [0.5, 0.6) is 0 Å². The van der Waals surface area contributed by atoms with Crippen LogP contribution in [0.1, 0.15) is 55.4 Å². The third-order valence-electron chi connectivity index (χ3n) is 4.61. The van der Waals surface area contributed by atoms with Crippen molar-refractivity contribution in [2.45, 2.75) is 84.4 Å². The molecule has 1 aromatic rings. The van der Waals surface area contributed by atoms with Crippen molar-refractivity contribution in [2.24, 2.45) is 10.8 Å². The Morgan fingerprint density at radius 2 is 1.62 bits per heavy atom. The Hall–Kier alpha value is -1.83. The summed E-state index contributed by atoms with van der Waals surface area (Å²) < 4.78 is 23.5. The molecule has 1 saturated heterocycles. The van der Waals surface area contributed by atoms with Crippen LogP contribution in [-0.2, 0) is 28.5 Å². The molecule has 6 nitrogen and oxygen atoms in total. The number of esters is 2. The third-order valence-corrected chi connectivity index (χ3v) is 5.45. The molecule has 178 valence electrons. The van der Waals surface area contributed by atoms with Crippen molar-refractivity contribution in [3.63, 3.8) is 0 Å². The van der Waals surface area contributed by atoms with Gasteiger partial charge in [-0.2, -0.15) is 0 Å². The molecule has 32 heavy (non-hydrogen) atoms. The number of thioether (sulfide) groups is 1. The maximum Gasteiger partial charge on any atom is 0.311 e. The number of ether oxygens (including phenoxy) is 4. The van der Waals surface area contributed by atoms with E-state index in [1.807, 2.05) is 55.7 Å². The maximum atomic E-state index is 12.7. The monoisotopic (exact) mass is 464 g/mol. The molecule has 2 rings (SSSR count). The summed E-state index contributed by atoms with van der Waals surface area (Å²) in [5.41, 5.74) is -1.38. The van der Waals surface area contributed by atoms with Crippen LogP contribution >= 0.6 is 11.8 Å². The molecule has 0 spiro atoms. The minimum atomic E-state index is -0.877. The molecule has 0 radical (unpaired) electrons. The summed E-state index contributed by atoms with van der Waals surface area (Å²) in [7, 11) is 0. The molecule has 1 heterocycles. The van der Waals surface area contributed by atoms with Crippen LogP contribution in [0.25, 0.3) is 0 Å². The van der Waals surface area contributed by atoms with E-state index in [0.717, 1.165) is 4.90 Å². The normalized spacial score (nSPS) is 22.0. The van der Waals surface area contributed by atoms with Crippen molar-refractivity contribution in [2.75, 3.05) is 6.61 Å². The molecule has 0 bridgehead atoms. The molecule has 0 aromatic heterocycles. The van der Waals surface area contributed by atoms with Gasteiger partial charge in [0.25, 0.3) is 0 Å². The van der Waals surface area contributed by atoms with E-state index in [4.69, 9.17) is 18.9 Å². The number of carbonyl (C=O) groups is 2. The molecule has 1 aliphatic rings. The third kappa shape index (κ3) is 7.94. The van der Waals surface area contributed by atoms with Gasteiger partial charge in [0.2, 0.25) is 0 Å². The summed E-state index contributed by atoms with van der Waals surface area (Å²) in [5, 5.41) is 1.93. The molecule has 1 aliphatic heterocycles. The van der Waals surface area contributed by atoms with Crippen molar-refractivity contribution >= 4 is 23.7 Å². The highest BCUT2D eigenvalue weighted by Gasteiger charge is 2.47. The second kappa shape index (κ2) is 10.4. The molecule has 0 saturated carbocycles. The van der Waals surface area contributed by atoms with Crippen LogP contribution in [0.4, 0.5) is 0 Å². The maximum absolute atomic E-state index is 12.7. The van der Waals surface area contributed by atoms with Crippen molar-refractivity contribution < 1.29 is 28.5 Å². The Labute approximate surface area is 196 Å². The van der Waals surface area contributed by atoms with Crippen LogP contribution in [0.15, 0.2) is 46.7 Å². The zero-order valence-corrected chi connectivity index (χ0v) is 21.2. The summed E-state index contributed by atoms with van der Waals surface area (Å²) in [6, 6.07) is 9.95. The topological polar surface area (TPSA) is 71.1 Å². The molecule has 0 N–H and O–H groups in total. The number of benzene rings is 1. The van der Waals surface area contributed by atoms with Crippen molar-refractivity contribution in [1.82, 2.24) is 0 Å². The lowest BCUT2D eigenvalue weighted by Crippen LogP contribution is -2.44. The van der Waals surface area contributed by atoms with E-state index < -0.39 is 40.9 Å². The van der Waals surface area contributed by atoms with Gasteiger partial charge in [-0.3, -0.25) is 9.59 Å². The van der Waals surface area contributed by atoms with E-state index in [-0.39, 0.29) is 12.6 Å². The first-order valence-electron chi connectivity index (χ1n) is 10.8. The van der Waals surface area contributed by atoms with Gasteiger partial charge >= 0.3 is 11.9 Å². The van der Waals surface area contributed by atoms with Crippen LogP contribution < -0.4 is 0 Å². The fourth-order valence-electron chi connectivity index (χ4n) is 2.83. The number of hydrogen-bond acceptors (Lipinski definition) is 7. The fourth-order valence-corrected chi connectivity index (χ4v) is 3.54. The van der Waals surface area contributed by atoms with Crippen molar-refractivity contribution in [3.8, 4) is 0 Å². The Balaban J connectivity index is 2.21. The van der Waals surface area contributed by atoms with Gasteiger partial charge in [-0.1, -0.05) is 30.0 Å². The second-order valence-corrected chi connectivity index (χ2v) is 11.3. The minimum Gasteiger partial charge on any atom is -0.461 e. The van der Waals surface area contributed by atoms with Crippen LogP contribution in [-0.4, -0.2) is 42.6 Å². The minimum absolute atomic E-state index is 0.113. The van der Waals surface area contributed by atoms with E-state index in [9.17, 15) is 9.59 Å². The Bertz CT molecular complexity index is 804. The van der Waals surface area contributed by atoms with E-state index in [2.05, 4.69) is 0 Å². The predicted octanol–water partition coefficient (Wildman–Crippen LogP) is 5.36. The largest absolute Gasteiger partial charge is 0.461 e. The standard InChI is InChI=1S/C25H36O6S/c1-23(2,3)21(26)28-16-19(29-22(27)24(4,5)6)20-18(30-25(7,8)31-20)14-15-32-17-12-10-9-11-13-17/h9-15,18-20H,16H2,1-8H3/b15-14-/t18-,19+,20-/m0/s1. The van der Waals surface area contributed by atoms with E-state index in [1.165, 1.54) is 0 Å². The predicted molar refractivity (Wildman–Crippen MR) is 125 cm³/mol. The van der Waals surface area contributed by atoms with Crippen molar-refractivity contribution in [3.05, 3.63) is 41.8 Å². The Kier molecular flexibility index (Phi) is 8.59. The molecular formula is C25H36O6S. The Morgan fingerprint density at radius 3 is 2.19 bits per heavy atom. The highest BCUT2D eigenvalue weighted by molar-refractivity contribution is 8.02. The molecule has 7 heteroatoms. The van der Waals surface area contributed by atoms with Gasteiger partial charge in [-0.25, -0.2) is 0 Å². The first-order chi connectivity index (χ1) is 14.7. The van der Waals surface area contributed by atoms with E-state index in [0.29, 0.717) is 0 Å². The summed E-state index contributed by atoms with van der Waals surface area (Å²) >= 11 is 1.55. The van der Waals surface area contributed by atoms with Crippen LogP contribution in [0.2, 0.25) is 0 Å². The van der Waals surface area contributed by atoms with Crippen LogP contribution in [0, 0.1) is 10.8 Å². The molecule has 0 amide bonds. The second-order valence-electron chi connectivity index (χ2n) is 10.4. The van der Waals surface area contributed by atoms with Crippen LogP contribution in [0.3, 0.4) is 0 Å². The molecule has 0 unspecified atom stereocenters. The summed E-state index contributed by atoms with van der Waals surface area (Å²) in [6.45, 7) is 14.1.